The van der Waals surface area contributed by atoms with Gasteiger partial charge in [-0.3, -0.25) is 18.7 Å². The molecule has 12 nitrogen and oxygen atoms in total. The quantitative estimate of drug-likeness (QED) is 0.440. The predicted molar refractivity (Wildman–Crippen MR) is 121 cm³/mol. The van der Waals surface area contributed by atoms with E-state index in [2.05, 4.69) is 15.0 Å². The Balaban J connectivity index is 2.10. The lowest BCUT2D eigenvalue weighted by Crippen LogP contribution is -2.45. The molecule has 192 valence electrons. The van der Waals surface area contributed by atoms with E-state index in [4.69, 9.17) is 17.3 Å². The van der Waals surface area contributed by atoms with Crippen LogP contribution < -0.4 is 27.2 Å². The lowest BCUT2D eigenvalue weighted by Gasteiger charge is -2.28. The Bertz CT molecular complexity index is 1470. The summed E-state index contributed by atoms with van der Waals surface area (Å²) in [4.78, 5) is 56.1. The summed E-state index contributed by atoms with van der Waals surface area (Å²) in [7, 11) is 1.04. The van der Waals surface area contributed by atoms with Crippen molar-refractivity contribution in [3.8, 4) is 5.69 Å². The molecular formula is C20H19ClF3N7O5. The lowest BCUT2D eigenvalue weighted by molar-refractivity contribution is -0.209. The first kappa shape index (κ1) is 25.2. The van der Waals surface area contributed by atoms with Crippen LogP contribution in [0, 0.1) is 0 Å². The Morgan fingerprint density at radius 3 is 2.42 bits per heavy atom. The number of carbonyl (C=O) groups is 2. The maximum atomic E-state index is 13.3. The van der Waals surface area contributed by atoms with E-state index in [1.807, 2.05) is 0 Å². The Morgan fingerprint density at radius 2 is 1.83 bits per heavy atom. The monoisotopic (exact) mass is 529 g/mol. The Hall–Kier alpha value is -3.85. The fraction of sp³-hybridized carbons (Fsp3) is 0.350. The molecule has 1 unspecified atom stereocenters. The number of fused-ring (bicyclic) bond motifs is 1. The number of para-hydroxylation sites is 1. The zero-order valence-corrected chi connectivity index (χ0v) is 19.3. The summed E-state index contributed by atoms with van der Waals surface area (Å²) in [6.45, 7) is 1.93. The minimum Gasteiger partial charge on any atom is -0.425 e. The van der Waals surface area contributed by atoms with Gasteiger partial charge >= 0.3 is 17.8 Å². The van der Waals surface area contributed by atoms with Gasteiger partial charge in [0.2, 0.25) is 5.95 Å². The van der Waals surface area contributed by atoms with E-state index in [9.17, 15) is 32.3 Å². The van der Waals surface area contributed by atoms with E-state index in [1.54, 1.807) is 29.2 Å². The number of rotatable bonds is 5. The highest BCUT2D eigenvalue weighted by molar-refractivity contribution is 6.32. The molecule has 16 heteroatoms. The van der Waals surface area contributed by atoms with E-state index in [0.29, 0.717) is 35.3 Å². The number of nitrogens with zero attached hydrogens (tertiary/aromatic N) is 5. The zero-order chi connectivity index (χ0) is 26.4. The van der Waals surface area contributed by atoms with Gasteiger partial charge in [0.25, 0.3) is 17.7 Å². The van der Waals surface area contributed by atoms with E-state index in [1.165, 1.54) is 4.57 Å². The van der Waals surface area contributed by atoms with Gasteiger partial charge in [-0.15, -0.1) is 0 Å². The molecule has 1 saturated heterocycles. The van der Waals surface area contributed by atoms with E-state index in [-0.39, 0.29) is 22.2 Å². The van der Waals surface area contributed by atoms with Crippen molar-refractivity contribution in [3.63, 3.8) is 0 Å². The van der Waals surface area contributed by atoms with Gasteiger partial charge in [0.1, 0.15) is 0 Å². The summed E-state index contributed by atoms with van der Waals surface area (Å²) in [6.07, 6.45) is -8.04. The highest BCUT2D eigenvalue weighted by Gasteiger charge is 2.44. The lowest BCUT2D eigenvalue weighted by atomic mass is 10.3. The van der Waals surface area contributed by atoms with Crippen molar-refractivity contribution in [3.05, 3.63) is 50.1 Å². The molecular weight excluding hydrogens is 511 g/mol. The summed E-state index contributed by atoms with van der Waals surface area (Å²) in [6, 6.07) is 6.39. The smallest absolute Gasteiger partial charge is 0.425 e. The molecule has 1 amide bonds. The first-order chi connectivity index (χ1) is 16.9. The number of amides is 1. The van der Waals surface area contributed by atoms with E-state index >= 15 is 0 Å². The number of ether oxygens (including phenoxy) is 1. The number of aromatic nitrogens is 4. The van der Waals surface area contributed by atoms with Crippen LogP contribution in [0.2, 0.25) is 5.02 Å². The maximum absolute atomic E-state index is 13.3. The molecule has 0 radical (unpaired) electrons. The van der Waals surface area contributed by atoms with Crippen molar-refractivity contribution in [1.29, 1.82) is 0 Å². The maximum Gasteiger partial charge on any atom is 0.491 e. The summed E-state index contributed by atoms with van der Waals surface area (Å²) in [5.41, 5.74) is 2.53. The summed E-state index contributed by atoms with van der Waals surface area (Å²) in [5, 5.41) is 3.34. The number of imidazole rings is 1. The Morgan fingerprint density at radius 1 is 1.19 bits per heavy atom. The molecule has 1 aliphatic heterocycles. The van der Waals surface area contributed by atoms with Crippen LogP contribution in [-0.4, -0.2) is 62.9 Å². The highest BCUT2D eigenvalue weighted by atomic mass is 35.5. The van der Waals surface area contributed by atoms with Crippen LogP contribution >= 0.6 is 11.6 Å². The Labute approximate surface area is 204 Å². The number of benzene rings is 1. The molecule has 3 aromatic rings. The molecule has 36 heavy (non-hydrogen) atoms. The molecule has 2 aromatic heterocycles. The summed E-state index contributed by atoms with van der Waals surface area (Å²) in [5.74, 6) is -4.22. The highest BCUT2D eigenvalue weighted by Crippen LogP contribution is 2.31. The van der Waals surface area contributed by atoms with E-state index < -0.39 is 41.2 Å². The van der Waals surface area contributed by atoms with Gasteiger partial charge in [0.15, 0.2) is 11.2 Å². The number of anilines is 1. The third-order valence-corrected chi connectivity index (χ3v) is 5.81. The minimum absolute atomic E-state index is 0.126. The average molecular weight is 530 g/mol. The fourth-order valence-corrected chi connectivity index (χ4v) is 4.03. The second-order valence-corrected chi connectivity index (χ2v) is 8.19. The van der Waals surface area contributed by atoms with Crippen LogP contribution in [0.15, 0.2) is 33.9 Å². The molecule has 1 aliphatic rings. The Kier molecular flexibility index (Phi) is 6.53. The number of nitrogens with one attached hydrogen (secondary N) is 1. The normalized spacial score (nSPS) is 15.2. The van der Waals surface area contributed by atoms with Crippen LogP contribution in [0.3, 0.4) is 0 Å². The van der Waals surface area contributed by atoms with Crippen LogP contribution in [0.4, 0.5) is 19.1 Å². The third kappa shape index (κ3) is 4.30. The standard InChI is InChI=1S/C20H19ClF3N7O5/c1-28-15(33)12-14(31(19(28)35)16(13(25)32)36-17(34)20(22,23)24)27-18(29-8-6-26-7-9-29)30(12)11-5-3-2-4-10(11)21/h2-5,16,26H,6-9H2,1H3,(H2,25,32). The molecule has 3 heterocycles. The number of hydrogen-bond acceptors (Lipinski definition) is 8. The molecule has 1 aromatic carbocycles. The number of piperazine rings is 1. The SMILES string of the molecule is Cn1c(=O)c2c(nc(N3CCNCC3)n2-c2ccccc2Cl)n(C(OC(=O)C(F)(F)F)C(N)=O)c1=O. The van der Waals surface area contributed by atoms with Crippen LogP contribution in [0.25, 0.3) is 16.9 Å². The molecule has 0 bridgehead atoms. The van der Waals surface area contributed by atoms with Crippen molar-refractivity contribution in [2.75, 3.05) is 31.1 Å². The van der Waals surface area contributed by atoms with Gasteiger partial charge in [-0.1, -0.05) is 23.7 Å². The van der Waals surface area contributed by atoms with Crippen molar-refractivity contribution < 1.29 is 27.5 Å². The van der Waals surface area contributed by atoms with Gasteiger partial charge in [-0.05, 0) is 12.1 Å². The van der Waals surface area contributed by atoms with Crippen molar-refractivity contribution in [1.82, 2.24) is 24.0 Å². The van der Waals surface area contributed by atoms with Gasteiger partial charge in [-0.25, -0.2) is 14.2 Å². The molecule has 3 N–H and O–H groups in total. The molecule has 1 fully saturated rings. The number of primary amides is 1. The second-order valence-electron chi connectivity index (χ2n) is 7.78. The number of alkyl halides is 3. The molecule has 0 saturated carbocycles. The van der Waals surface area contributed by atoms with Crippen molar-refractivity contribution >= 4 is 40.6 Å². The first-order valence-electron chi connectivity index (χ1n) is 10.4. The molecule has 1 atom stereocenters. The van der Waals surface area contributed by atoms with Gasteiger partial charge in [-0.2, -0.15) is 18.2 Å². The summed E-state index contributed by atoms with van der Waals surface area (Å²) >= 11 is 6.40. The summed E-state index contributed by atoms with van der Waals surface area (Å²) < 4.78 is 45.2. The number of carbonyl (C=O) groups excluding carboxylic acids is 2. The largest absolute Gasteiger partial charge is 0.491 e. The molecule has 0 spiro atoms. The predicted octanol–water partition coefficient (Wildman–Crippen LogP) is 0.0383. The molecule has 4 rings (SSSR count). The fourth-order valence-electron chi connectivity index (χ4n) is 3.81. The average Bonchev–Trinajstić information content (AvgIpc) is 3.22. The van der Waals surface area contributed by atoms with Crippen molar-refractivity contribution in [2.24, 2.45) is 12.8 Å². The van der Waals surface area contributed by atoms with Gasteiger partial charge < -0.3 is 20.7 Å². The minimum atomic E-state index is -5.49. The second kappa shape index (κ2) is 9.31. The van der Waals surface area contributed by atoms with Crippen LogP contribution in [0.5, 0.6) is 0 Å². The van der Waals surface area contributed by atoms with Gasteiger partial charge in [0.05, 0.1) is 10.7 Å². The number of esters is 1. The van der Waals surface area contributed by atoms with Crippen LogP contribution in [-0.2, 0) is 21.4 Å². The van der Waals surface area contributed by atoms with Gasteiger partial charge in [0, 0.05) is 33.2 Å². The number of nitrogens with two attached hydrogens (primary N) is 1. The number of halogens is 4. The van der Waals surface area contributed by atoms with Crippen molar-refractivity contribution in [2.45, 2.75) is 12.4 Å². The third-order valence-electron chi connectivity index (χ3n) is 5.49. The van der Waals surface area contributed by atoms with E-state index in [0.717, 1.165) is 7.05 Å². The topological polar surface area (TPSA) is 146 Å². The first-order valence-corrected chi connectivity index (χ1v) is 10.8. The number of hydrogen-bond donors (Lipinski definition) is 2. The zero-order valence-electron chi connectivity index (χ0n) is 18.6. The van der Waals surface area contributed by atoms with Crippen LogP contribution in [0.1, 0.15) is 6.23 Å². The molecule has 0 aliphatic carbocycles.